The van der Waals surface area contributed by atoms with Crippen LogP contribution in [0.1, 0.15) is 144 Å². The van der Waals surface area contributed by atoms with Gasteiger partial charge in [-0.2, -0.15) is 0 Å². The fourth-order valence-corrected chi connectivity index (χ4v) is 6.45. The van der Waals surface area contributed by atoms with Crippen molar-refractivity contribution in [3.05, 3.63) is 0 Å². The highest BCUT2D eigenvalue weighted by Crippen LogP contribution is 2.46. The van der Waals surface area contributed by atoms with Crippen LogP contribution in [0.2, 0.25) is 0 Å². The predicted molar refractivity (Wildman–Crippen MR) is 160 cm³/mol. The smallest absolute Gasteiger partial charge is 0.307 e. The summed E-state index contributed by atoms with van der Waals surface area (Å²) in [5.74, 6) is -1.26. The second-order valence-corrected chi connectivity index (χ2v) is 14.0. The van der Waals surface area contributed by atoms with Crippen molar-refractivity contribution in [2.45, 2.75) is 168 Å². The van der Waals surface area contributed by atoms with Gasteiger partial charge in [0.1, 0.15) is 12.2 Å². The molecule has 0 radical (unpaired) electrons. The molecule has 0 spiro atoms. The molecule has 3 atom stereocenters. The van der Waals surface area contributed by atoms with E-state index in [0.29, 0.717) is 6.61 Å². The summed E-state index contributed by atoms with van der Waals surface area (Å²) in [6.45, 7) is 10.3. The number of esters is 1. The molecule has 1 saturated heterocycles. The Bertz CT molecular complexity index is 853. The lowest BCUT2D eigenvalue weighted by Gasteiger charge is -2.44. The highest BCUT2D eigenvalue weighted by molar-refractivity contribution is 5.84. The Morgan fingerprint density at radius 3 is 2.20 bits per heavy atom. The van der Waals surface area contributed by atoms with E-state index in [9.17, 15) is 14.4 Å². The zero-order valence-corrected chi connectivity index (χ0v) is 26.6. The van der Waals surface area contributed by atoms with Gasteiger partial charge in [0, 0.05) is 17.4 Å². The third-order valence-corrected chi connectivity index (χ3v) is 9.37. The third-order valence-electron chi connectivity index (χ3n) is 9.37. The van der Waals surface area contributed by atoms with Gasteiger partial charge in [0.2, 0.25) is 11.8 Å². The lowest BCUT2D eigenvalue weighted by atomic mass is 9.65. The van der Waals surface area contributed by atoms with E-state index in [2.05, 4.69) is 17.6 Å². The first-order valence-electron chi connectivity index (χ1n) is 16.6. The molecule has 3 aliphatic rings. The number of hydrogen-bond acceptors (Lipinski definition) is 6. The predicted octanol–water partition coefficient (Wildman–Crippen LogP) is 6.34. The second kappa shape index (κ2) is 15.7. The summed E-state index contributed by atoms with van der Waals surface area (Å²) in [4.78, 5) is 39.1. The van der Waals surface area contributed by atoms with Gasteiger partial charge in [0.05, 0.1) is 19.1 Å². The minimum Gasteiger partial charge on any atom is -0.460 e. The van der Waals surface area contributed by atoms with E-state index in [4.69, 9.17) is 14.2 Å². The number of rotatable bonds is 16. The van der Waals surface area contributed by atoms with Crippen molar-refractivity contribution >= 4 is 17.8 Å². The molecule has 2 saturated carbocycles. The van der Waals surface area contributed by atoms with Crippen LogP contribution in [0.4, 0.5) is 0 Å². The zero-order valence-electron chi connectivity index (χ0n) is 26.6. The molecule has 1 aliphatic heterocycles. The molecule has 0 aromatic heterocycles. The maximum Gasteiger partial charge on any atom is 0.307 e. The molecule has 41 heavy (non-hydrogen) atoms. The van der Waals surface area contributed by atoms with Gasteiger partial charge in [-0.15, -0.1) is 0 Å². The van der Waals surface area contributed by atoms with Crippen molar-refractivity contribution in [3.63, 3.8) is 0 Å². The maximum atomic E-state index is 13.5. The minimum absolute atomic E-state index is 0.0817. The topological polar surface area (TPSA) is 103 Å². The van der Waals surface area contributed by atoms with Crippen molar-refractivity contribution in [1.29, 1.82) is 0 Å². The maximum absolute atomic E-state index is 13.5. The number of carbonyl (C=O) groups is 3. The molecule has 236 valence electrons. The summed E-state index contributed by atoms with van der Waals surface area (Å²) in [6.07, 6.45) is 16.9. The highest BCUT2D eigenvalue weighted by atomic mass is 16.7. The Labute approximate surface area is 248 Å². The fourth-order valence-electron chi connectivity index (χ4n) is 6.45. The molecule has 0 aromatic carbocycles. The number of amides is 2. The SMILES string of the molecule is CCCCCCCCCCC1(C(=O)NC2CCCCC2OC(=O)CCNC(=O)C2OC(C)(C)OCC2(C)C)CCC1. The molecule has 2 N–H and O–H groups in total. The first-order chi connectivity index (χ1) is 19.5. The van der Waals surface area contributed by atoms with E-state index in [1.165, 1.54) is 44.9 Å². The summed E-state index contributed by atoms with van der Waals surface area (Å²) >= 11 is 0. The summed E-state index contributed by atoms with van der Waals surface area (Å²) < 4.78 is 17.4. The minimum atomic E-state index is -0.831. The van der Waals surface area contributed by atoms with Crippen LogP contribution in [0.3, 0.4) is 0 Å². The molecule has 0 aromatic rings. The van der Waals surface area contributed by atoms with Crippen molar-refractivity contribution in [2.75, 3.05) is 13.2 Å². The van der Waals surface area contributed by atoms with Gasteiger partial charge < -0.3 is 24.8 Å². The fraction of sp³-hybridized carbons (Fsp3) is 0.909. The van der Waals surface area contributed by atoms with E-state index >= 15 is 0 Å². The summed E-state index contributed by atoms with van der Waals surface area (Å²) in [5, 5.41) is 6.16. The highest BCUT2D eigenvalue weighted by Gasteiger charge is 2.46. The first kappa shape index (κ1) is 33.8. The summed E-state index contributed by atoms with van der Waals surface area (Å²) in [5.41, 5.74) is -0.702. The molecule has 2 aliphatic carbocycles. The van der Waals surface area contributed by atoms with Crippen LogP contribution in [0, 0.1) is 10.8 Å². The number of hydrogen-bond donors (Lipinski definition) is 2. The quantitative estimate of drug-likeness (QED) is 0.164. The van der Waals surface area contributed by atoms with Crippen molar-refractivity contribution in [1.82, 2.24) is 10.6 Å². The standard InChI is InChI=1S/C33H58N2O6/c1-6-7-8-9-10-11-12-15-20-33(21-16-22-33)30(38)35-25-17-13-14-18-26(25)40-27(36)19-23-34-29(37)28-31(2,3)24-39-32(4,5)41-28/h25-26,28H,6-24H2,1-5H3,(H,34,37)(H,35,38). The molecule has 3 unspecified atom stereocenters. The molecule has 3 rings (SSSR count). The first-order valence-corrected chi connectivity index (χ1v) is 16.6. The molecular formula is C33H58N2O6. The molecule has 1 heterocycles. The van der Waals surface area contributed by atoms with Gasteiger partial charge in [0.25, 0.3) is 0 Å². The van der Waals surface area contributed by atoms with Crippen molar-refractivity contribution in [2.24, 2.45) is 10.8 Å². The monoisotopic (exact) mass is 578 g/mol. The van der Waals surface area contributed by atoms with Gasteiger partial charge in [-0.1, -0.05) is 85.0 Å². The molecule has 8 heteroatoms. The molecule has 0 bridgehead atoms. The lowest BCUT2D eigenvalue weighted by Crippen LogP contribution is -2.56. The van der Waals surface area contributed by atoms with Crippen LogP contribution in [-0.2, 0) is 28.6 Å². The van der Waals surface area contributed by atoms with E-state index in [-0.39, 0.29) is 48.3 Å². The number of unbranched alkanes of at least 4 members (excludes halogenated alkanes) is 7. The van der Waals surface area contributed by atoms with Crippen LogP contribution in [0.25, 0.3) is 0 Å². The Hall–Kier alpha value is -1.67. The van der Waals surface area contributed by atoms with Gasteiger partial charge in [0.15, 0.2) is 5.79 Å². The van der Waals surface area contributed by atoms with Gasteiger partial charge >= 0.3 is 5.97 Å². The third kappa shape index (κ3) is 10.2. The van der Waals surface area contributed by atoms with Crippen LogP contribution in [0.5, 0.6) is 0 Å². The van der Waals surface area contributed by atoms with Gasteiger partial charge in [-0.25, -0.2) is 0 Å². The molecule has 3 fully saturated rings. The molecular weight excluding hydrogens is 520 g/mol. The lowest BCUT2D eigenvalue weighted by molar-refractivity contribution is -0.304. The summed E-state index contributed by atoms with van der Waals surface area (Å²) in [6, 6.07) is -0.135. The number of nitrogens with one attached hydrogen (secondary N) is 2. The van der Waals surface area contributed by atoms with Gasteiger partial charge in [-0.3, -0.25) is 14.4 Å². The van der Waals surface area contributed by atoms with E-state index < -0.39 is 17.3 Å². The largest absolute Gasteiger partial charge is 0.460 e. The van der Waals surface area contributed by atoms with Crippen LogP contribution in [-0.4, -0.2) is 55.0 Å². The normalized spacial score (nSPS) is 26.4. The van der Waals surface area contributed by atoms with E-state index in [1.807, 2.05) is 13.8 Å². The average Bonchev–Trinajstić information content (AvgIpc) is 2.89. The Morgan fingerprint density at radius 1 is 0.878 bits per heavy atom. The molecule has 2 amide bonds. The zero-order chi connectivity index (χ0) is 29.9. The van der Waals surface area contributed by atoms with Crippen LogP contribution < -0.4 is 10.6 Å². The van der Waals surface area contributed by atoms with Crippen molar-refractivity contribution in [3.8, 4) is 0 Å². The Kier molecular flexibility index (Phi) is 13.0. The Balaban J connectivity index is 1.40. The number of ether oxygens (including phenoxy) is 3. The second-order valence-electron chi connectivity index (χ2n) is 14.0. The number of carbonyl (C=O) groups excluding carboxylic acids is 3. The van der Waals surface area contributed by atoms with E-state index in [0.717, 1.165) is 57.8 Å². The average molecular weight is 579 g/mol. The van der Waals surface area contributed by atoms with E-state index in [1.54, 1.807) is 13.8 Å². The van der Waals surface area contributed by atoms with Crippen LogP contribution in [0.15, 0.2) is 0 Å². The van der Waals surface area contributed by atoms with Gasteiger partial charge in [-0.05, 0) is 52.4 Å². The molecule has 8 nitrogen and oxygen atoms in total. The summed E-state index contributed by atoms with van der Waals surface area (Å²) in [7, 11) is 0. The van der Waals surface area contributed by atoms with Crippen molar-refractivity contribution < 1.29 is 28.6 Å². The van der Waals surface area contributed by atoms with Crippen LogP contribution >= 0.6 is 0 Å². The Morgan fingerprint density at radius 2 is 1.54 bits per heavy atom.